The summed E-state index contributed by atoms with van der Waals surface area (Å²) < 4.78 is 37.7. The Morgan fingerprint density at radius 2 is 1.81 bits per heavy atom. The first kappa shape index (κ1) is 24.0. The Labute approximate surface area is 192 Å². The first-order chi connectivity index (χ1) is 15.2. The molecule has 0 radical (unpaired) electrons. The molecule has 32 heavy (non-hydrogen) atoms. The fourth-order valence-electron chi connectivity index (χ4n) is 3.45. The number of carbonyl (C=O) groups excluding carboxylic acids is 2. The van der Waals surface area contributed by atoms with Crippen LogP contribution >= 0.6 is 11.6 Å². The standard InChI is InChI=1S/C22H25ClN2O6S/c1-15-6-8-17(13-20(15)32(28,29)25-10-4-3-5-11-25)24-21(26)14-31-22(27)18-12-16(23)7-9-19(18)30-2/h6-9,12-13H,3-5,10-11,14H2,1-2H3,(H,24,26). The molecule has 3 rings (SSSR count). The number of sulfonamides is 1. The number of hydrogen-bond acceptors (Lipinski definition) is 6. The number of anilines is 1. The van der Waals surface area contributed by atoms with Crippen LogP contribution < -0.4 is 10.1 Å². The molecule has 0 unspecified atom stereocenters. The zero-order chi connectivity index (χ0) is 23.3. The summed E-state index contributed by atoms with van der Waals surface area (Å²) in [6, 6.07) is 9.14. The second-order valence-corrected chi connectivity index (χ2v) is 9.76. The lowest BCUT2D eigenvalue weighted by Gasteiger charge is -2.26. The summed E-state index contributed by atoms with van der Waals surface area (Å²) >= 11 is 5.91. The van der Waals surface area contributed by atoms with Gasteiger partial charge >= 0.3 is 5.97 Å². The maximum absolute atomic E-state index is 13.0. The second-order valence-electron chi connectivity index (χ2n) is 7.41. The summed E-state index contributed by atoms with van der Waals surface area (Å²) in [6.45, 7) is 2.13. The van der Waals surface area contributed by atoms with Crippen LogP contribution in [0.4, 0.5) is 5.69 Å². The molecule has 0 aromatic heterocycles. The van der Waals surface area contributed by atoms with E-state index in [1.807, 2.05) is 0 Å². The van der Waals surface area contributed by atoms with E-state index in [1.165, 1.54) is 29.6 Å². The van der Waals surface area contributed by atoms with Gasteiger partial charge in [0.05, 0.1) is 12.0 Å². The number of nitrogens with zero attached hydrogens (tertiary/aromatic N) is 1. The number of piperidine rings is 1. The van der Waals surface area contributed by atoms with Gasteiger partial charge in [-0.2, -0.15) is 4.31 Å². The Bertz CT molecular complexity index is 1110. The number of ether oxygens (including phenoxy) is 2. The monoisotopic (exact) mass is 480 g/mol. The van der Waals surface area contributed by atoms with Crippen molar-refractivity contribution >= 4 is 39.2 Å². The molecular formula is C22H25ClN2O6S. The predicted molar refractivity (Wildman–Crippen MR) is 121 cm³/mol. The van der Waals surface area contributed by atoms with E-state index in [-0.39, 0.29) is 16.2 Å². The van der Waals surface area contributed by atoms with Gasteiger partial charge in [0.2, 0.25) is 10.0 Å². The van der Waals surface area contributed by atoms with E-state index in [4.69, 9.17) is 21.1 Å². The highest BCUT2D eigenvalue weighted by Crippen LogP contribution is 2.26. The molecule has 0 atom stereocenters. The molecule has 0 bridgehead atoms. The topological polar surface area (TPSA) is 102 Å². The van der Waals surface area contributed by atoms with Crippen molar-refractivity contribution in [3.8, 4) is 5.75 Å². The highest BCUT2D eigenvalue weighted by Gasteiger charge is 2.27. The molecule has 172 valence electrons. The fourth-order valence-corrected chi connectivity index (χ4v) is 5.39. The van der Waals surface area contributed by atoms with Gasteiger partial charge in [0, 0.05) is 23.8 Å². The summed E-state index contributed by atoms with van der Waals surface area (Å²) in [5.41, 5.74) is 0.985. The number of benzene rings is 2. The number of amides is 1. The van der Waals surface area contributed by atoms with Crippen LogP contribution in [0.1, 0.15) is 35.2 Å². The van der Waals surface area contributed by atoms with Crippen molar-refractivity contribution in [1.29, 1.82) is 0 Å². The Balaban J connectivity index is 1.67. The van der Waals surface area contributed by atoms with Crippen LogP contribution in [0.15, 0.2) is 41.3 Å². The number of carbonyl (C=O) groups is 2. The number of esters is 1. The molecule has 1 amide bonds. The first-order valence-corrected chi connectivity index (χ1v) is 12.0. The predicted octanol–water partition coefficient (Wildman–Crippen LogP) is 3.63. The average molecular weight is 481 g/mol. The van der Waals surface area contributed by atoms with E-state index >= 15 is 0 Å². The summed E-state index contributed by atoms with van der Waals surface area (Å²) in [6.07, 6.45) is 2.68. The van der Waals surface area contributed by atoms with Crippen LogP contribution in [0, 0.1) is 6.92 Å². The minimum absolute atomic E-state index is 0.0954. The Hall–Kier alpha value is -2.62. The molecule has 0 spiro atoms. The van der Waals surface area contributed by atoms with Crippen LogP contribution in [-0.2, 0) is 19.6 Å². The number of rotatable bonds is 7. The highest BCUT2D eigenvalue weighted by atomic mass is 35.5. The van der Waals surface area contributed by atoms with Crippen molar-refractivity contribution < 1.29 is 27.5 Å². The Morgan fingerprint density at radius 1 is 1.09 bits per heavy atom. The summed E-state index contributed by atoms with van der Waals surface area (Å²) in [7, 11) is -2.25. The maximum Gasteiger partial charge on any atom is 0.342 e. The molecule has 0 aliphatic carbocycles. The first-order valence-electron chi connectivity index (χ1n) is 10.1. The van der Waals surface area contributed by atoms with Crippen molar-refractivity contribution in [1.82, 2.24) is 4.31 Å². The molecule has 8 nitrogen and oxygen atoms in total. The normalized spacial score (nSPS) is 14.6. The summed E-state index contributed by atoms with van der Waals surface area (Å²) in [5, 5.41) is 2.90. The minimum atomic E-state index is -3.65. The van der Waals surface area contributed by atoms with Gasteiger partial charge in [0.15, 0.2) is 6.61 Å². The maximum atomic E-state index is 13.0. The molecule has 1 saturated heterocycles. The molecule has 1 fully saturated rings. The van der Waals surface area contributed by atoms with Crippen molar-refractivity contribution in [3.05, 3.63) is 52.5 Å². The largest absolute Gasteiger partial charge is 0.496 e. The van der Waals surface area contributed by atoms with E-state index in [9.17, 15) is 18.0 Å². The van der Waals surface area contributed by atoms with Gasteiger partial charge in [-0.25, -0.2) is 13.2 Å². The smallest absolute Gasteiger partial charge is 0.342 e. The van der Waals surface area contributed by atoms with E-state index in [0.29, 0.717) is 29.4 Å². The van der Waals surface area contributed by atoms with Gasteiger partial charge in [-0.05, 0) is 55.7 Å². The zero-order valence-corrected chi connectivity index (χ0v) is 19.5. The van der Waals surface area contributed by atoms with Crippen molar-refractivity contribution in [2.24, 2.45) is 0 Å². The molecule has 10 heteroatoms. The Morgan fingerprint density at radius 3 is 2.50 bits per heavy atom. The molecule has 2 aromatic carbocycles. The fraction of sp³-hybridized carbons (Fsp3) is 0.364. The minimum Gasteiger partial charge on any atom is -0.496 e. The molecule has 2 aromatic rings. The molecule has 1 heterocycles. The second kappa shape index (κ2) is 10.3. The van der Waals surface area contributed by atoms with Gasteiger partial charge in [-0.15, -0.1) is 0 Å². The molecular weight excluding hydrogens is 456 g/mol. The van der Waals surface area contributed by atoms with E-state index in [2.05, 4.69) is 5.32 Å². The van der Waals surface area contributed by atoms with Crippen LogP contribution in [0.3, 0.4) is 0 Å². The van der Waals surface area contributed by atoms with Gasteiger partial charge in [-0.1, -0.05) is 24.1 Å². The molecule has 1 aliphatic heterocycles. The van der Waals surface area contributed by atoms with Crippen molar-refractivity contribution in [2.75, 3.05) is 32.1 Å². The lowest BCUT2D eigenvalue weighted by molar-refractivity contribution is -0.119. The van der Waals surface area contributed by atoms with Gasteiger partial charge in [0.1, 0.15) is 11.3 Å². The average Bonchev–Trinajstić information content (AvgIpc) is 2.79. The van der Waals surface area contributed by atoms with Crippen molar-refractivity contribution in [3.63, 3.8) is 0 Å². The SMILES string of the molecule is COc1ccc(Cl)cc1C(=O)OCC(=O)Nc1ccc(C)c(S(=O)(=O)N2CCCCC2)c1. The number of nitrogens with one attached hydrogen (secondary N) is 1. The van der Waals surface area contributed by atoms with Gasteiger partial charge in [-0.3, -0.25) is 4.79 Å². The van der Waals surface area contributed by atoms with E-state index < -0.39 is 28.5 Å². The van der Waals surface area contributed by atoms with Crippen molar-refractivity contribution in [2.45, 2.75) is 31.1 Å². The lowest BCUT2D eigenvalue weighted by atomic mass is 10.2. The Kier molecular flexibility index (Phi) is 7.76. The van der Waals surface area contributed by atoms with Crippen LogP contribution in [0.5, 0.6) is 5.75 Å². The third-order valence-corrected chi connectivity index (χ3v) is 7.40. The van der Waals surface area contributed by atoms with Gasteiger partial charge in [0.25, 0.3) is 5.91 Å². The molecule has 0 saturated carbocycles. The van der Waals surface area contributed by atoms with Crippen LogP contribution in [-0.4, -0.2) is 51.4 Å². The quantitative estimate of drug-likeness (QED) is 0.607. The number of halogens is 1. The third kappa shape index (κ3) is 5.59. The van der Waals surface area contributed by atoms with E-state index in [1.54, 1.807) is 25.1 Å². The number of aryl methyl sites for hydroxylation is 1. The lowest BCUT2D eigenvalue weighted by Crippen LogP contribution is -2.36. The summed E-state index contributed by atoms with van der Waals surface area (Å²) in [5.74, 6) is -1.10. The zero-order valence-electron chi connectivity index (χ0n) is 17.9. The van der Waals surface area contributed by atoms with E-state index in [0.717, 1.165) is 19.3 Å². The number of hydrogen-bond donors (Lipinski definition) is 1. The molecule has 1 N–H and O–H groups in total. The third-order valence-electron chi connectivity index (χ3n) is 5.12. The van der Waals surface area contributed by atoms with Gasteiger partial charge < -0.3 is 14.8 Å². The highest BCUT2D eigenvalue weighted by molar-refractivity contribution is 7.89. The van der Waals surface area contributed by atoms with Crippen LogP contribution in [0.2, 0.25) is 5.02 Å². The van der Waals surface area contributed by atoms with Crippen LogP contribution in [0.25, 0.3) is 0 Å². The number of methoxy groups -OCH3 is 1. The summed E-state index contributed by atoms with van der Waals surface area (Å²) in [4.78, 5) is 24.8. The molecule has 1 aliphatic rings.